The summed E-state index contributed by atoms with van der Waals surface area (Å²) in [5, 5.41) is 1.81. The average molecular weight is 255 g/mol. The molecule has 0 aliphatic carbocycles. The molecule has 90 valence electrons. The predicted molar refractivity (Wildman–Crippen MR) is 63.3 cm³/mol. The molecule has 2 nitrogen and oxygen atoms in total. The molecule has 1 aromatic heterocycles. The molecule has 17 heavy (non-hydrogen) atoms. The fourth-order valence-corrected chi connectivity index (χ4v) is 2.48. The van der Waals surface area contributed by atoms with Gasteiger partial charge < -0.3 is 10.5 Å². The molecular formula is C12H11F2NOS. The van der Waals surface area contributed by atoms with Crippen molar-refractivity contribution in [3.05, 3.63) is 51.7 Å². The second-order valence-corrected chi connectivity index (χ2v) is 4.44. The third-order valence-electron chi connectivity index (χ3n) is 2.46. The molecule has 0 bridgehead atoms. The number of benzene rings is 1. The first-order chi connectivity index (χ1) is 8.13. The second kappa shape index (κ2) is 4.81. The first kappa shape index (κ1) is 12.0. The highest BCUT2D eigenvalue weighted by Crippen LogP contribution is 2.34. The van der Waals surface area contributed by atoms with Gasteiger partial charge in [0.2, 0.25) is 0 Å². The van der Waals surface area contributed by atoms with Crippen molar-refractivity contribution in [3.8, 4) is 5.75 Å². The van der Waals surface area contributed by atoms with Crippen molar-refractivity contribution in [2.75, 3.05) is 7.11 Å². The molecule has 0 amide bonds. The maximum absolute atomic E-state index is 13.6. The second-order valence-electron chi connectivity index (χ2n) is 3.50. The van der Waals surface area contributed by atoms with Crippen molar-refractivity contribution in [1.82, 2.24) is 0 Å². The van der Waals surface area contributed by atoms with Crippen LogP contribution in [0.4, 0.5) is 8.78 Å². The Kier molecular flexibility index (Phi) is 3.40. The van der Waals surface area contributed by atoms with Crippen LogP contribution in [-0.4, -0.2) is 7.11 Å². The highest BCUT2D eigenvalue weighted by Gasteiger charge is 2.19. The molecule has 0 radical (unpaired) electrons. The zero-order valence-electron chi connectivity index (χ0n) is 9.11. The molecule has 0 saturated heterocycles. The average Bonchev–Trinajstić information content (AvgIpc) is 2.76. The smallest absolute Gasteiger partial charge is 0.134 e. The molecule has 1 heterocycles. The van der Waals surface area contributed by atoms with E-state index in [-0.39, 0.29) is 5.56 Å². The van der Waals surface area contributed by atoms with E-state index < -0.39 is 17.7 Å². The van der Waals surface area contributed by atoms with Gasteiger partial charge in [0.15, 0.2) is 0 Å². The molecule has 0 saturated carbocycles. The van der Waals surface area contributed by atoms with Gasteiger partial charge in [-0.3, -0.25) is 0 Å². The van der Waals surface area contributed by atoms with Crippen molar-refractivity contribution >= 4 is 11.3 Å². The van der Waals surface area contributed by atoms with Gasteiger partial charge >= 0.3 is 0 Å². The fourth-order valence-electron chi connectivity index (χ4n) is 1.60. The number of nitrogens with two attached hydrogens (primary N) is 1. The zero-order valence-corrected chi connectivity index (χ0v) is 9.93. The number of methoxy groups -OCH3 is 1. The van der Waals surface area contributed by atoms with Crippen LogP contribution >= 0.6 is 11.3 Å². The molecule has 1 aromatic carbocycles. The first-order valence-electron chi connectivity index (χ1n) is 4.95. The maximum Gasteiger partial charge on any atom is 0.134 e. The van der Waals surface area contributed by atoms with Gasteiger partial charge in [0, 0.05) is 11.6 Å². The van der Waals surface area contributed by atoms with Gasteiger partial charge in [0.25, 0.3) is 0 Å². The van der Waals surface area contributed by atoms with Gasteiger partial charge in [-0.05, 0) is 17.5 Å². The van der Waals surface area contributed by atoms with Gasteiger partial charge in [-0.1, -0.05) is 6.07 Å². The summed E-state index contributed by atoms with van der Waals surface area (Å²) in [7, 11) is 1.53. The van der Waals surface area contributed by atoms with E-state index in [4.69, 9.17) is 10.5 Å². The van der Waals surface area contributed by atoms with Crippen LogP contribution < -0.4 is 10.5 Å². The van der Waals surface area contributed by atoms with Gasteiger partial charge in [-0.25, -0.2) is 8.78 Å². The van der Waals surface area contributed by atoms with Crippen LogP contribution in [0.3, 0.4) is 0 Å². The Morgan fingerprint density at radius 2 is 2.06 bits per heavy atom. The predicted octanol–water partition coefficient (Wildman–Crippen LogP) is 3.08. The topological polar surface area (TPSA) is 35.2 Å². The van der Waals surface area contributed by atoms with Crippen LogP contribution in [0.15, 0.2) is 29.6 Å². The standard InChI is InChI=1S/C12H11F2NOS/c1-16-10-4-5-17-12(10)11(15)8-3-2-7(13)6-9(8)14/h2-6,11H,15H2,1H3. The molecule has 0 spiro atoms. The lowest BCUT2D eigenvalue weighted by atomic mass is 10.1. The van der Waals surface area contributed by atoms with E-state index in [9.17, 15) is 8.78 Å². The lowest BCUT2D eigenvalue weighted by Crippen LogP contribution is -2.13. The number of hydrogen-bond donors (Lipinski definition) is 1. The zero-order chi connectivity index (χ0) is 12.4. The number of halogens is 2. The first-order valence-corrected chi connectivity index (χ1v) is 5.83. The summed E-state index contributed by atoms with van der Waals surface area (Å²) in [4.78, 5) is 0.720. The van der Waals surface area contributed by atoms with Crippen LogP contribution in [0.2, 0.25) is 0 Å². The number of hydrogen-bond acceptors (Lipinski definition) is 3. The quantitative estimate of drug-likeness (QED) is 0.914. The molecule has 2 N–H and O–H groups in total. The van der Waals surface area contributed by atoms with Crippen molar-refractivity contribution in [3.63, 3.8) is 0 Å². The van der Waals surface area contributed by atoms with E-state index in [0.717, 1.165) is 10.9 Å². The lowest BCUT2D eigenvalue weighted by molar-refractivity contribution is 0.410. The molecule has 0 aliphatic rings. The Bertz CT molecular complexity index is 527. The maximum atomic E-state index is 13.6. The minimum absolute atomic E-state index is 0.257. The third-order valence-corrected chi connectivity index (χ3v) is 3.44. The summed E-state index contributed by atoms with van der Waals surface area (Å²) >= 11 is 1.38. The summed E-state index contributed by atoms with van der Waals surface area (Å²) in [6.45, 7) is 0. The monoisotopic (exact) mass is 255 g/mol. The summed E-state index contributed by atoms with van der Waals surface area (Å²) in [5.41, 5.74) is 6.21. The van der Waals surface area contributed by atoms with Crippen LogP contribution in [0.25, 0.3) is 0 Å². The Morgan fingerprint density at radius 1 is 1.29 bits per heavy atom. The summed E-state index contributed by atoms with van der Waals surface area (Å²) < 4.78 is 31.5. The summed E-state index contributed by atoms with van der Waals surface area (Å²) in [6, 6.07) is 4.49. The van der Waals surface area contributed by atoms with Crippen molar-refractivity contribution in [1.29, 1.82) is 0 Å². The van der Waals surface area contributed by atoms with Gasteiger partial charge in [-0.15, -0.1) is 11.3 Å². The van der Waals surface area contributed by atoms with E-state index in [0.29, 0.717) is 5.75 Å². The Morgan fingerprint density at radius 3 is 2.71 bits per heavy atom. The SMILES string of the molecule is COc1ccsc1C(N)c1ccc(F)cc1F. The van der Waals surface area contributed by atoms with Gasteiger partial charge in [-0.2, -0.15) is 0 Å². The van der Waals surface area contributed by atoms with Crippen LogP contribution in [0.1, 0.15) is 16.5 Å². The van der Waals surface area contributed by atoms with Crippen LogP contribution in [0, 0.1) is 11.6 Å². The highest BCUT2D eigenvalue weighted by molar-refractivity contribution is 7.10. The minimum atomic E-state index is -0.648. The Hall–Kier alpha value is -1.46. The lowest BCUT2D eigenvalue weighted by Gasteiger charge is -2.13. The molecule has 0 aliphatic heterocycles. The largest absolute Gasteiger partial charge is 0.496 e. The molecule has 2 aromatic rings. The Balaban J connectivity index is 2.40. The van der Waals surface area contributed by atoms with Crippen molar-refractivity contribution < 1.29 is 13.5 Å². The Labute approximate surface area is 102 Å². The van der Waals surface area contributed by atoms with Gasteiger partial charge in [0.05, 0.1) is 18.0 Å². The van der Waals surface area contributed by atoms with E-state index in [1.54, 1.807) is 6.07 Å². The normalized spacial score (nSPS) is 12.5. The van der Waals surface area contributed by atoms with Crippen molar-refractivity contribution in [2.45, 2.75) is 6.04 Å². The van der Waals surface area contributed by atoms with E-state index in [1.165, 1.54) is 30.6 Å². The minimum Gasteiger partial charge on any atom is -0.496 e. The molecule has 1 atom stereocenters. The van der Waals surface area contributed by atoms with E-state index >= 15 is 0 Å². The van der Waals surface area contributed by atoms with Crippen molar-refractivity contribution in [2.24, 2.45) is 5.73 Å². The van der Waals surface area contributed by atoms with E-state index in [2.05, 4.69) is 0 Å². The van der Waals surface area contributed by atoms with Crippen LogP contribution in [0.5, 0.6) is 5.75 Å². The fraction of sp³-hybridized carbons (Fsp3) is 0.167. The molecule has 0 fully saturated rings. The molecular weight excluding hydrogens is 244 g/mol. The third kappa shape index (κ3) is 2.30. The van der Waals surface area contributed by atoms with Crippen LogP contribution in [-0.2, 0) is 0 Å². The number of thiophene rings is 1. The highest BCUT2D eigenvalue weighted by atomic mass is 32.1. The van der Waals surface area contributed by atoms with Gasteiger partial charge in [0.1, 0.15) is 17.4 Å². The molecule has 5 heteroatoms. The number of ether oxygens (including phenoxy) is 1. The summed E-state index contributed by atoms with van der Waals surface area (Å²) in [5.74, 6) is -0.643. The summed E-state index contributed by atoms with van der Waals surface area (Å²) in [6.07, 6.45) is 0. The number of rotatable bonds is 3. The molecule has 1 unspecified atom stereocenters. The molecule has 2 rings (SSSR count). The van der Waals surface area contributed by atoms with E-state index in [1.807, 2.05) is 5.38 Å².